The van der Waals surface area contributed by atoms with Crippen molar-refractivity contribution in [3.63, 3.8) is 0 Å². The van der Waals surface area contributed by atoms with Crippen molar-refractivity contribution in [2.75, 3.05) is 7.11 Å². The molecule has 2 rings (SSSR count). The Labute approximate surface area is 92.5 Å². The van der Waals surface area contributed by atoms with Crippen LogP contribution in [0.25, 0.3) is 11.0 Å². The van der Waals surface area contributed by atoms with Crippen LogP contribution in [-0.4, -0.2) is 26.4 Å². The highest BCUT2D eigenvalue weighted by Gasteiger charge is 2.14. The molecule has 6 heteroatoms. The standard InChI is InChI=1S/C10H14N4O2/c1-6(2)14-8-7(5-11-14)9(15)13(3)10(12-8)16-4/h5-6H,1-4H3. The zero-order chi connectivity index (χ0) is 11.9. The van der Waals surface area contributed by atoms with Gasteiger partial charge in [-0.25, -0.2) is 4.68 Å². The molecular formula is C10H14N4O2. The third-order valence-corrected chi connectivity index (χ3v) is 2.46. The Hall–Kier alpha value is -1.85. The Bertz CT molecular complexity index is 582. The molecule has 0 aromatic carbocycles. The van der Waals surface area contributed by atoms with Gasteiger partial charge in [-0.1, -0.05) is 0 Å². The van der Waals surface area contributed by atoms with E-state index in [9.17, 15) is 4.79 Å². The summed E-state index contributed by atoms with van der Waals surface area (Å²) in [6, 6.07) is 0.446. The number of hydrogen-bond acceptors (Lipinski definition) is 4. The molecule has 16 heavy (non-hydrogen) atoms. The fourth-order valence-corrected chi connectivity index (χ4v) is 1.61. The Kier molecular flexibility index (Phi) is 2.41. The van der Waals surface area contributed by atoms with Gasteiger partial charge in [0.05, 0.1) is 13.3 Å². The van der Waals surface area contributed by atoms with Crippen molar-refractivity contribution in [1.82, 2.24) is 19.3 Å². The van der Waals surface area contributed by atoms with Crippen molar-refractivity contribution in [3.05, 3.63) is 16.6 Å². The lowest BCUT2D eigenvalue weighted by Gasteiger charge is -2.08. The van der Waals surface area contributed by atoms with Crippen molar-refractivity contribution in [1.29, 1.82) is 0 Å². The molecule has 0 N–H and O–H groups in total. The summed E-state index contributed by atoms with van der Waals surface area (Å²) >= 11 is 0. The minimum absolute atomic E-state index is 0.145. The minimum Gasteiger partial charge on any atom is -0.468 e. The highest BCUT2D eigenvalue weighted by molar-refractivity contribution is 5.73. The molecule has 0 bridgehead atoms. The second kappa shape index (κ2) is 3.62. The summed E-state index contributed by atoms with van der Waals surface area (Å²) < 4.78 is 8.13. The molecule has 0 atom stereocenters. The normalized spacial score (nSPS) is 11.3. The monoisotopic (exact) mass is 222 g/mol. The van der Waals surface area contributed by atoms with Crippen molar-refractivity contribution in [2.45, 2.75) is 19.9 Å². The van der Waals surface area contributed by atoms with Crippen LogP contribution in [0, 0.1) is 0 Å². The average Bonchev–Trinajstić information content (AvgIpc) is 2.67. The molecular weight excluding hydrogens is 208 g/mol. The van der Waals surface area contributed by atoms with Gasteiger partial charge in [-0.05, 0) is 13.8 Å². The first kappa shape index (κ1) is 10.7. The van der Waals surface area contributed by atoms with E-state index in [1.54, 1.807) is 17.9 Å². The first-order chi connectivity index (χ1) is 7.56. The van der Waals surface area contributed by atoms with Crippen LogP contribution in [0.4, 0.5) is 0 Å². The number of fused-ring (bicyclic) bond motifs is 1. The van der Waals surface area contributed by atoms with Crippen LogP contribution in [0.2, 0.25) is 0 Å². The number of methoxy groups -OCH3 is 1. The topological polar surface area (TPSA) is 61.9 Å². The second-order valence-electron chi connectivity index (χ2n) is 3.88. The second-order valence-corrected chi connectivity index (χ2v) is 3.88. The SMILES string of the molecule is COc1nc2c(cnn2C(C)C)c(=O)n1C. The van der Waals surface area contributed by atoms with Gasteiger partial charge >= 0.3 is 6.01 Å². The van der Waals surface area contributed by atoms with Gasteiger partial charge in [-0.3, -0.25) is 9.36 Å². The van der Waals surface area contributed by atoms with E-state index in [0.717, 1.165) is 0 Å². The molecule has 0 aliphatic carbocycles. The Morgan fingerprint density at radius 1 is 1.44 bits per heavy atom. The molecule has 2 heterocycles. The molecule has 0 fully saturated rings. The number of hydrogen-bond donors (Lipinski definition) is 0. The number of rotatable bonds is 2. The molecule has 0 unspecified atom stereocenters. The molecule has 0 amide bonds. The van der Waals surface area contributed by atoms with Crippen LogP contribution in [0.3, 0.4) is 0 Å². The lowest BCUT2D eigenvalue weighted by Crippen LogP contribution is -2.20. The first-order valence-corrected chi connectivity index (χ1v) is 5.04. The summed E-state index contributed by atoms with van der Waals surface area (Å²) in [6.07, 6.45) is 1.55. The number of aromatic nitrogens is 4. The molecule has 2 aromatic heterocycles. The summed E-state index contributed by atoms with van der Waals surface area (Å²) in [6.45, 7) is 3.97. The highest BCUT2D eigenvalue weighted by atomic mass is 16.5. The fourth-order valence-electron chi connectivity index (χ4n) is 1.61. The highest BCUT2D eigenvalue weighted by Crippen LogP contribution is 2.15. The van der Waals surface area contributed by atoms with Crippen molar-refractivity contribution >= 4 is 11.0 Å². The molecule has 0 aliphatic rings. The van der Waals surface area contributed by atoms with E-state index in [4.69, 9.17) is 4.74 Å². The van der Waals surface area contributed by atoms with Gasteiger partial charge < -0.3 is 4.74 Å². The zero-order valence-electron chi connectivity index (χ0n) is 9.76. The van der Waals surface area contributed by atoms with Gasteiger partial charge in [0.2, 0.25) is 0 Å². The van der Waals surface area contributed by atoms with Crippen LogP contribution in [0.1, 0.15) is 19.9 Å². The maximum absolute atomic E-state index is 11.9. The van der Waals surface area contributed by atoms with E-state index >= 15 is 0 Å². The smallest absolute Gasteiger partial charge is 0.300 e. The van der Waals surface area contributed by atoms with Crippen LogP contribution in [0.5, 0.6) is 6.01 Å². The fraction of sp³-hybridized carbons (Fsp3) is 0.500. The molecule has 0 spiro atoms. The van der Waals surface area contributed by atoms with Crippen LogP contribution in [0.15, 0.2) is 11.0 Å². The van der Waals surface area contributed by atoms with Gasteiger partial charge in [0.15, 0.2) is 5.65 Å². The van der Waals surface area contributed by atoms with E-state index in [1.807, 2.05) is 13.8 Å². The average molecular weight is 222 g/mol. The summed E-state index contributed by atoms with van der Waals surface area (Å²) in [7, 11) is 3.12. The molecule has 0 saturated heterocycles. The summed E-state index contributed by atoms with van der Waals surface area (Å²) in [4.78, 5) is 16.2. The van der Waals surface area contributed by atoms with E-state index < -0.39 is 0 Å². The third kappa shape index (κ3) is 1.37. The lowest BCUT2D eigenvalue weighted by molar-refractivity contribution is 0.358. The molecule has 0 radical (unpaired) electrons. The Morgan fingerprint density at radius 3 is 2.69 bits per heavy atom. The predicted molar refractivity (Wildman–Crippen MR) is 59.7 cm³/mol. The molecule has 6 nitrogen and oxygen atoms in total. The van der Waals surface area contributed by atoms with Crippen LogP contribution < -0.4 is 10.3 Å². The van der Waals surface area contributed by atoms with Crippen LogP contribution in [-0.2, 0) is 7.05 Å². The van der Waals surface area contributed by atoms with Gasteiger partial charge in [0, 0.05) is 13.1 Å². The number of ether oxygens (including phenoxy) is 1. The van der Waals surface area contributed by atoms with Gasteiger partial charge in [-0.15, -0.1) is 0 Å². The molecule has 0 saturated carbocycles. The largest absolute Gasteiger partial charge is 0.468 e. The summed E-state index contributed by atoms with van der Waals surface area (Å²) in [5.74, 6) is 0. The molecule has 86 valence electrons. The van der Waals surface area contributed by atoms with E-state index in [1.165, 1.54) is 11.7 Å². The molecule has 0 aliphatic heterocycles. The zero-order valence-corrected chi connectivity index (χ0v) is 9.76. The summed E-state index contributed by atoms with van der Waals surface area (Å²) in [5, 5.41) is 4.67. The van der Waals surface area contributed by atoms with Crippen LogP contribution >= 0.6 is 0 Å². The van der Waals surface area contributed by atoms with E-state index in [0.29, 0.717) is 17.0 Å². The quantitative estimate of drug-likeness (QED) is 0.751. The lowest BCUT2D eigenvalue weighted by atomic mass is 10.4. The van der Waals surface area contributed by atoms with Crippen molar-refractivity contribution in [3.8, 4) is 6.01 Å². The predicted octanol–water partition coefficient (Wildman–Crippen LogP) is 0.719. The van der Waals surface area contributed by atoms with Crippen molar-refractivity contribution in [2.24, 2.45) is 7.05 Å². The van der Waals surface area contributed by atoms with E-state index in [2.05, 4.69) is 10.1 Å². The Balaban J connectivity index is 2.85. The maximum Gasteiger partial charge on any atom is 0.300 e. The first-order valence-electron chi connectivity index (χ1n) is 5.04. The molecule has 2 aromatic rings. The maximum atomic E-state index is 11.9. The van der Waals surface area contributed by atoms with Crippen molar-refractivity contribution < 1.29 is 4.74 Å². The Morgan fingerprint density at radius 2 is 2.12 bits per heavy atom. The van der Waals surface area contributed by atoms with E-state index in [-0.39, 0.29) is 11.6 Å². The number of nitrogens with zero attached hydrogens (tertiary/aromatic N) is 4. The van der Waals surface area contributed by atoms with Gasteiger partial charge in [0.25, 0.3) is 5.56 Å². The minimum atomic E-state index is -0.145. The van der Waals surface area contributed by atoms with Gasteiger partial charge in [0.1, 0.15) is 5.39 Å². The summed E-state index contributed by atoms with van der Waals surface area (Å²) in [5.41, 5.74) is 0.420. The third-order valence-electron chi connectivity index (χ3n) is 2.46. The van der Waals surface area contributed by atoms with Gasteiger partial charge in [-0.2, -0.15) is 10.1 Å².